The third kappa shape index (κ3) is 2.26. The van der Waals surface area contributed by atoms with E-state index in [1.165, 1.54) is 0 Å². The maximum atomic E-state index is 13.1. The number of carbonyl (C=O) groups is 2. The zero-order chi connectivity index (χ0) is 16.8. The number of rotatable bonds is 2. The molecule has 1 saturated carbocycles. The maximum Gasteiger partial charge on any atom is 0.326 e. The zero-order valence-electron chi connectivity index (χ0n) is 13.6. The normalized spacial score (nSPS) is 26.5. The van der Waals surface area contributed by atoms with Crippen LogP contribution in [0.1, 0.15) is 42.5 Å². The van der Waals surface area contributed by atoms with Crippen LogP contribution in [0.5, 0.6) is 0 Å². The van der Waals surface area contributed by atoms with E-state index >= 15 is 0 Å². The maximum absolute atomic E-state index is 13.1. The molecule has 2 fully saturated rings. The van der Waals surface area contributed by atoms with E-state index in [1.807, 2.05) is 6.07 Å². The molecular formula is C17H20N4O3. The van der Waals surface area contributed by atoms with E-state index in [2.05, 4.69) is 10.3 Å². The Morgan fingerprint density at radius 2 is 2.04 bits per heavy atom. The fourth-order valence-electron chi connectivity index (χ4n) is 4.30. The first kappa shape index (κ1) is 15.1. The Labute approximate surface area is 139 Å². The van der Waals surface area contributed by atoms with Crippen molar-refractivity contribution in [3.05, 3.63) is 23.8 Å². The number of aliphatic carboxylic acids is 1. The number of likely N-dealkylation sites (tertiary alicyclic amines) is 1. The van der Waals surface area contributed by atoms with Crippen molar-refractivity contribution in [1.82, 2.24) is 19.9 Å². The van der Waals surface area contributed by atoms with Crippen LogP contribution in [0.3, 0.4) is 0 Å². The summed E-state index contributed by atoms with van der Waals surface area (Å²) in [5.41, 5.74) is 1.98. The van der Waals surface area contributed by atoms with Crippen molar-refractivity contribution < 1.29 is 14.7 Å². The van der Waals surface area contributed by atoms with Crippen molar-refractivity contribution in [1.29, 1.82) is 0 Å². The van der Waals surface area contributed by atoms with E-state index in [0.717, 1.165) is 31.2 Å². The minimum absolute atomic E-state index is 0.0462. The lowest BCUT2D eigenvalue weighted by Gasteiger charge is -2.33. The van der Waals surface area contributed by atoms with E-state index in [4.69, 9.17) is 0 Å². The van der Waals surface area contributed by atoms with E-state index in [0.29, 0.717) is 23.4 Å². The van der Waals surface area contributed by atoms with Crippen LogP contribution in [0.15, 0.2) is 18.2 Å². The molecule has 4 rings (SSSR count). The first-order valence-electron chi connectivity index (χ1n) is 8.41. The molecule has 1 saturated heterocycles. The van der Waals surface area contributed by atoms with Gasteiger partial charge < -0.3 is 10.0 Å². The van der Waals surface area contributed by atoms with Gasteiger partial charge in [0.05, 0.1) is 5.52 Å². The van der Waals surface area contributed by atoms with Crippen LogP contribution in [0, 0.1) is 5.92 Å². The Morgan fingerprint density at radius 3 is 2.83 bits per heavy atom. The standard InChI is InChI=1S/C17H20N4O3/c1-20-14-7-6-11(8-12(14)18-19-20)16(22)21-13-5-3-2-4-10(13)9-15(21)17(23)24/h6-8,10,13,15H,2-5,9H2,1H3,(H,23,24)/t10-,13-,15-/m0/s1. The van der Waals surface area contributed by atoms with Crippen LogP contribution >= 0.6 is 0 Å². The fourth-order valence-corrected chi connectivity index (χ4v) is 4.30. The van der Waals surface area contributed by atoms with Crippen LogP contribution in [0.2, 0.25) is 0 Å². The number of aromatic nitrogens is 3. The van der Waals surface area contributed by atoms with Gasteiger partial charge in [-0.15, -0.1) is 5.10 Å². The largest absolute Gasteiger partial charge is 0.480 e. The number of carboxylic acids is 1. The Hall–Kier alpha value is -2.44. The Bertz CT molecular complexity index is 815. The molecule has 2 heterocycles. The molecule has 7 heteroatoms. The number of nitrogens with zero attached hydrogens (tertiary/aromatic N) is 4. The summed E-state index contributed by atoms with van der Waals surface area (Å²) in [5, 5.41) is 17.6. The molecule has 24 heavy (non-hydrogen) atoms. The van der Waals surface area contributed by atoms with E-state index < -0.39 is 12.0 Å². The molecule has 1 aliphatic heterocycles. The number of carbonyl (C=O) groups excluding carboxylic acids is 1. The Kier molecular flexibility index (Phi) is 3.51. The summed E-state index contributed by atoms with van der Waals surface area (Å²) in [7, 11) is 1.80. The average Bonchev–Trinajstić information content (AvgIpc) is 3.15. The van der Waals surface area contributed by atoms with Gasteiger partial charge in [-0.1, -0.05) is 18.1 Å². The topological polar surface area (TPSA) is 88.3 Å². The van der Waals surface area contributed by atoms with Gasteiger partial charge in [0.15, 0.2) is 0 Å². The van der Waals surface area contributed by atoms with E-state index in [9.17, 15) is 14.7 Å². The minimum Gasteiger partial charge on any atom is -0.480 e. The molecule has 3 atom stereocenters. The zero-order valence-corrected chi connectivity index (χ0v) is 13.6. The van der Waals surface area contributed by atoms with Crippen molar-refractivity contribution in [2.45, 2.75) is 44.2 Å². The fraction of sp³-hybridized carbons (Fsp3) is 0.529. The molecule has 0 spiro atoms. The van der Waals surface area contributed by atoms with Crippen LogP contribution < -0.4 is 0 Å². The van der Waals surface area contributed by atoms with E-state index in [1.54, 1.807) is 28.8 Å². The molecule has 0 radical (unpaired) electrons. The molecule has 0 bridgehead atoms. The van der Waals surface area contributed by atoms with Gasteiger partial charge in [-0.25, -0.2) is 9.48 Å². The lowest BCUT2D eigenvalue weighted by Crippen LogP contribution is -2.46. The van der Waals surface area contributed by atoms with Crippen molar-refractivity contribution in [3.8, 4) is 0 Å². The summed E-state index contributed by atoms with van der Waals surface area (Å²) in [4.78, 5) is 26.4. The smallest absolute Gasteiger partial charge is 0.326 e. The highest BCUT2D eigenvalue weighted by molar-refractivity contribution is 5.99. The second-order valence-corrected chi connectivity index (χ2v) is 6.83. The molecular weight excluding hydrogens is 308 g/mol. The van der Waals surface area contributed by atoms with Crippen LogP contribution in [0.4, 0.5) is 0 Å². The molecule has 7 nitrogen and oxygen atoms in total. The first-order chi connectivity index (χ1) is 11.6. The number of amides is 1. The Balaban J connectivity index is 1.70. The van der Waals surface area contributed by atoms with Crippen molar-refractivity contribution >= 4 is 22.9 Å². The lowest BCUT2D eigenvalue weighted by molar-refractivity contribution is -0.141. The molecule has 126 valence electrons. The third-order valence-corrected chi connectivity index (χ3v) is 5.47. The number of aryl methyl sites for hydroxylation is 1. The number of benzene rings is 1. The summed E-state index contributed by atoms with van der Waals surface area (Å²) in [6.07, 6.45) is 4.66. The van der Waals surface area contributed by atoms with Gasteiger partial charge in [0, 0.05) is 18.7 Å². The molecule has 1 N–H and O–H groups in total. The summed E-state index contributed by atoms with van der Waals surface area (Å²) < 4.78 is 1.65. The summed E-state index contributed by atoms with van der Waals surface area (Å²) >= 11 is 0. The average molecular weight is 328 g/mol. The monoisotopic (exact) mass is 328 g/mol. The highest BCUT2D eigenvalue weighted by Crippen LogP contribution is 2.40. The van der Waals surface area contributed by atoms with Crippen molar-refractivity contribution in [3.63, 3.8) is 0 Å². The van der Waals surface area contributed by atoms with Crippen molar-refractivity contribution in [2.24, 2.45) is 13.0 Å². The molecule has 1 aromatic carbocycles. The van der Waals surface area contributed by atoms with Crippen LogP contribution in [-0.4, -0.2) is 49.0 Å². The van der Waals surface area contributed by atoms with Crippen LogP contribution in [0.25, 0.3) is 11.0 Å². The molecule has 1 aromatic heterocycles. The second-order valence-electron chi connectivity index (χ2n) is 6.83. The predicted octanol–water partition coefficient (Wildman–Crippen LogP) is 1.83. The van der Waals surface area contributed by atoms with Gasteiger partial charge in [-0.05, 0) is 43.4 Å². The summed E-state index contributed by atoms with van der Waals surface area (Å²) in [6.45, 7) is 0. The van der Waals surface area contributed by atoms with Gasteiger partial charge in [0.25, 0.3) is 5.91 Å². The van der Waals surface area contributed by atoms with Gasteiger partial charge in [-0.3, -0.25) is 4.79 Å². The van der Waals surface area contributed by atoms with Gasteiger partial charge in [-0.2, -0.15) is 0 Å². The van der Waals surface area contributed by atoms with Gasteiger partial charge in [0.2, 0.25) is 0 Å². The first-order valence-corrected chi connectivity index (χ1v) is 8.41. The van der Waals surface area contributed by atoms with Gasteiger partial charge >= 0.3 is 5.97 Å². The number of hydrogen-bond acceptors (Lipinski definition) is 4. The Morgan fingerprint density at radius 1 is 1.25 bits per heavy atom. The molecule has 1 amide bonds. The van der Waals surface area contributed by atoms with Crippen molar-refractivity contribution in [2.75, 3.05) is 0 Å². The van der Waals surface area contributed by atoms with Gasteiger partial charge in [0.1, 0.15) is 11.6 Å². The number of fused-ring (bicyclic) bond motifs is 2. The lowest BCUT2D eigenvalue weighted by atomic mass is 9.84. The molecule has 2 aromatic rings. The quantitative estimate of drug-likeness (QED) is 0.908. The molecule has 1 aliphatic carbocycles. The highest BCUT2D eigenvalue weighted by Gasteiger charge is 2.47. The number of hydrogen-bond donors (Lipinski definition) is 1. The molecule has 0 unspecified atom stereocenters. The number of carboxylic acid groups (broad SMARTS) is 1. The predicted molar refractivity (Wildman–Crippen MR) is 86.5 cm³/mol. The summed E-state index contributed by atoms with van der Waals surface area (Å²) in [6, 6.07) is 4.59. The minimum atomic E-state index is -0.904. The second kappa shape index (κ2) is 5.58. The third-order valence-electron chi connectivity index (χ3n) is 5.47. The van der Waals surface area contributed by atoms with Crippen LogP contribution in [-0.2, 0) is 11.8 Å². The SMILES string of the molecule is Cn1nnc2cc(C(=O)N3[C@H](C(=O)O)C[C@@H]4CCCC[C@@H]43)ccc21. The highest BCUT2D eigenvalue weighted by atomic mass is 16.4. The summed E-state index contributed by atoms with van der Waals surface area (Å²) in [5.74, 6) is -0.799. The molecule has 2 aliphatic rings. The van der Waals surface area contributed by atoms with E-state index in [-0.39, 0.29) is 11.9 Å².